The van der Waals surface area contributed by atoms with Crippen molar-refractivity contribution in [3.05, 3.63) is 36.2 Å². The van der Waals surface area contributed by atoms with Gasteiger partial charge in [-0.15, -0.1) is 10.2 Å². The highest BCUT2D eigenvalue weighted by atomic mass is 19.4. The Labute approximate surface area is 134 Å². The molecule has 1 aromatic carbocycles. The largest absolute Gasteiger partial charge is 0.490 e. The normalized spacial score (nSPS) is 13.6. The smallest absolute Gasteiger partial charge is 0.475 e. The van der Waals surface area contributed by atoms with Crippen LogP contribution < -0.4 is 5.73 Å². The van der Waals surface area contributed by atoms with E-state index in [2.05, 4.69) is 10.2 Å². The standard InChI is InChI=1S/C12H15N3O2.C2HF3O2/c1-2-9(13)10(16)12-15-14-11(17-12)8-6-4-3-5-7-8;3-2(4,5)1(6)7/h3-7,9-10,16H,2,13H2,1H3;(H,6,7). The fourth-order valence-corrected chi connectivity index (χ4v) is 1.46. The second-order valence-electron chi connectivity index (χ2n) is 4.63. The molecule has 0 aliphatic carbocycles. The van der Waals surface area contributed by atoms with Crippen LogP contribution in [0, 0.1) is 0 Å². The number of aromatic nitrogens is 2. The van der Waals surface area contributed by atoms with Gasteiger partial charge in [0.25, 0.3) is 0 Å². The maximum atomic E-state index is 10.6. The lowest BCUT2D eigenvalue weighted by Gasteiger charge is -2.12. The van der Waals surface area contributed by atoms with E-state index in [0.717, 1.165) is 5.56 Å². The highest BCUT2D eigenvalue weighted by molar-refractivity contribution is 5.73. The van der Waals surface area contributed by atoms with Gasteiger partial charge in [0.1, 0.15) is 6.10 Å². The molecule has 0 saturated heterocycles. The van der Waals surface area contributed by atoms with E-state index in [1.807, 2.05) is 37.3 Å². The van der Waals surface area contributed by atoms with Gasteiger partial charge in [-0.25, -0.2) is 4.79 Å². The number of aliphatic carboxylic acids is 1. The second-order valence-corrected chi connectivity index (χ2v) is 4.63. The molecule has 0 saturated carbocycles. The van der Waals surface area contributed by atoms with E-state index in [4.69, 9.17) is 20.1 Å². The molecule has 0 fully saturated rings. The van der Waals surface area contributed by atoms with Gasteiger partial charge in [0.2, 0.25) is 11.8 Å². The SMILES string of the molecule is CCC(N)C(O)c1nnc(-c2ccccc2)o1.O=C(O)C(F)(F)F. The molecule has 2 aromatic rings. The summed E-state index contributed by atoms with van der Waals surface area (Å²) in [6, 6.07) is 9.01. The van der Waals surface area contributed by atoms with Crippen molar-refractivity contribution < 1.29 is 32.6 Å². The monoisotopic (exact) mass is 347 g/mol. The second kappa shape index (κ2) is 8.41. The van der Waals surface area contributed by atoms with Crippen LogP contribution in [-0.2, 0) is 4.79 Å². The van der Waals surface area contributed by atoms with E-state index in [0.29, 0.717) is 12.3 Å². The number of nitrogens with two attached hydrogens (primary N) is 1. The fourth-order valence-electron chi connectivity index (χ4n) is 1.46. The molecule has 2 unspecified atom stereocenters. The summed E-state index contributed by atoms with van der Waals surface area (Å²) in [7, 11) is 0. The highest BCUT2D eigenvalue weighted by Gasteiger charge is 2.38. The molecule has 0 bridgehead atoms. The number of benzene rings is 1. The van der Waals surface area contributed by atoms with Crippen LogP contribution in [0.5, 0.6) is 0 Å². The predicted molar refractivity (Wildman–Crippen MR) is 76.7 cm³/mol. The average molecular weight is 347 g/mol. The molecule has 10 heteroatoms. The van der Waals surface area contributed by atoms with Gasteiger partial charge >= 0.3 is 12.1 Å². The molecule has 0 amide bonds. The predicted octanol–water partition coefficient (Wildman–Crippen LogP) is 2.14. The van der Waals surface area contributed by atoms with Crippen molar-refractivity contribution in [2.75, 3.05) is 0 Å². The van der Waals surface area contributed by atoms with Crippen molar-refractivity contribution in [1.82, 2.24) is 10.2 Å². The summed E-state index contributed by atoms with van der Waals surface area (Å²) >= 11 is 0. The third-order valence-corrected chi connectivity index (χ3v) is 2.83. The zero-order valence-corrected chi connectivity index (χ0v) is 12.6. The van der Waals surface area contributed by atoms with Crippen molar-refractivity contribution in [3.8, 4) is 11.5 Å². The Morgan fingerprint density at radius 1 is 1.29 bits per heavy atom. The van der Waals surface area contributed by atoms with E-state index in [1.165, 1.54) is 0 Å². The molecule has 0 aliphatic heterocycles. The lowest BCUT2D eigenvalue weighted by Crippen LogP contribution is -2.27. The minimum absolute atomic E-state index is 0.165. The number of carbonyl (C=O) groups is 1. The Kier molecular flexibility index (Phi) is 6.86. The first-order valence-corrected chi connectivity index (χ1v) is 6.79. The summed E-state index contributed by atoms with van der Waals surface area (Å²) in [5.74, 6) is -2.20. The van der Waals surface area contributed by atoms with E-state index in [1.54, 1.807) is 0 Å². The fraction of sp³-hybridized carbons (Fsp3) is 0.357. The number of alkyl halides is 3. The molecule has 4 N–H and O–H groups in total. The number of hydrogen-bond acceptors (Lipinski definition) is 6. The molecule has 132 valence electrons. The number of halogens is 3. The number of carboxylic acids is 1. The summed E-state index contributed by atoms with van der Waals surface area (Å²) < 4.78 is 37.1. The van der Waals surface area contributed by atoms with Gasteiger partial charge in [0.05, 0.1) is 0 Å². The lowest BCUT2D eigenvalue weighted by molar-refractivity contribution is -0.192. The molecule has 1 aromatic heterocycles. The first-order chi connectivity index (χ1) is 11.2. The molecule has 7 nitrogen and oxygen atoms in total. The van der Waals surface area contributed by atoms with E-state index >= 15 is 0 Å². The van der Waals surface area contributed by atoms with Crippen molar-refractivity contribution in [1.29, 1.82) is 0 Å². The van der Waals surface area contributed by atoms with Gasteiger partial charge in [-0.2, -0.15) is 13.2 Å². The van der Waals surface area contributed by atoms with Gasteiger partial charge in [0, 0.05) is 11.6 Å². The molecule has 2 rings (SSSR count). The third-order valence-electron chi connectivity index (χ3n) is 2.83. The Bertz CT molecular complexity index is 646. The number of nitrogens with zero attached hydrogens (tertiary/aromatic N) is 2. The van der Waals surface area contributed by atoms with Crippen LogP contribution in [0.3, 0.4) is 0 Å². The van der Waals surface area contributed by atoms with Crippen LogP contribution in [0.2, 0.25) is 0 Å². The first kappa shape index (κ1) is 19.6. The highest BCUT2D eigenvalue weighted by Crippen LogP contribution is 2.22. The van der Waals surface area contributed by atoms with Crippen LogP contribution in [-0.4, -0.2) is 38.6 Å². The minimum Gasteiger partial charge on any atom is -0.475 e. The topological polar surface area (TPSA) is 122 Å². The van der Waals surface area contributed by atoms with Crippen LogP contribution >= 0.6 is 0 Å². The molecule has 0 aliphatic rings. The maximum Gasteiger partial charge on any atom is 0.490 e. The summed E-state index contributed by atoms with van der Waals surface area (Å²) in [6.45, 7) is 1.89. The summed E-state index contributed by atoms with van der Waals surface area (Å²) in [5, 5.41) is 24.7. The quantitative estimate of drug-likeness (QED) is 0.774. The summed E-state index contributed by atoms with van der Waals surface area (Å²) in [4.78, 5) is 8.90. The van der Waals surface area contributed by atoms with Gasteiger partial charge in [-0.1, -0.05) is 25.1 Å². The number of aliphatic hydroxyl groups excluding tert-OH is 1. The van der Waals surface area contributed by atoms with Crippen LogP contribution in [0.15, 0.2) is 34.7 Å². The zero-order valence-electron chi connectivity index (χ0n) is 12.6. The van der Waals surface area contributed by atoms with Crippen LogP contribution in [0.1, 0.15) is 25.3 Å². The molecule has 0 spiro atoms. The van der Waals surface area contributed by atoms with Crippen molar-refractivity contribution in [2.24, 2.45) is 5.73 Å². The van der Waals surface area contributed by atoms with Crippen molar-refractivity contribution in [3.63, 3.8) is 0 Å². The van der Waals surface area contributed by atoms with Crippen LogP contribution in [0.4, 0.5) is 13.2 Å². The Balaban J connectivity index is 0.000000351. The first-order valence-electron chi connectivity index (χ1n) is 6.79. The Morgan fingerprint density at radius 2 is 1.83 bits per heavy atom. The third kappa shape index (κ3) is 5.63. The van der Waals surface area contributed by atoms with Gasteiger partial charge in [-0.3, -0.25) is 0 Å². The van der Waals surface area contributed by atoms with Gasteiger partial charge < -0.3 is 20.4 Å². The summed E-state index contributed by atoms with van der Waals surface area (Å²) in [6.07, 6.45) is -5.35. The summed E-state index contributed by atoms with van der Waals surface area (Å²) in [5.41, 5.74) is 6.54. The lowest BCUT2D eigenvalue weighted by atomic mass is 10.1. The number of carboxylic acid groups (broad SMARTS) is 1. The van der Waals surface area contributed by atoms with Gasteiger partial charge in [0.15, 0.2) is 0 Å². The molecular weight excluding hydrogens is 331 g/mol. The molecular formula is C14H16F3N3O4. The van der Waals surface area contributed by atoms with Gasteiger partial charge in [-0.05, 0) is 18.6 Å². The van der Waals surface area contributed by atoms with Crippen molar-refractivity contribution >= 4 is 5.97 Å². The molecule has 1 heterocycles. The van der Waals surface area contributed by atoms with Crippen LogP contribution in [0.25, 0.3) is 11.5 Å². The van der Waals surface area contributed by atoms with E-state index < -0.39 is 18.2 Å². The molecule has 0 radical (unpaired) electrons. The molecule has 24 heavy (non-hydrogen) atoms. The van der Waals surface area contributed by atoms with Crippen molar-refractivity contribution in [2.45, 2.75) is 31.7 Å². The maximum absolute atomic E-state index is 10.6. The number of hydrogen-bond donors (Lipinski definition) is 3. The number of rotatable bonds is 4. The number of aliphatic hydroxyl groups is 1. The Hall–Kier alpha value is -2.46. The Morgan fingerprint density at radius 3 is 2.29 bits per heavy atom. The zero-order chi connectivity index (χ0) is 18.3. The van der Waals surface area contributed by atoms with E-state index in [-0.39, 0.29) is 11.9 Å². The van der Waals surface area contributed by atoms with E-state index in [9.17, 15) is 18.3 Å². The molecule has 2 atom stereocenters. The average Bonchev–Trinajstić information content (AvgIpc) is 3.04. The minimum atomic E-state index is -5.08.